The summed E-state index contributed by atoms with van der Waals surface area (Å²) in [5, 5.41) is 16.9. The topological polar surface area (TPSA) is 59.6 Å². The van der Waals surface area contributed by atoms with E-state index >= 15 is 0 Å². The third-order valence-corrected chi connectivity index (χ3v) is 7.15. The SMILES string of the molecule is O=c1c2ccccc2c(Cc2ccc(F)cc2)nn1C1CC[NH+](CCC(O)c2ccccc2)CC1.[Cl-]. The molecule has 1 aromatic heterocycles. The smallest absolute Gasteiger partial charge is 0.274 e. The summed E-state index contributed by atoms with van der Waals surface area (Å²) < 4.78 is 15.1. The Labute approximate surface area is 216 Å². The van der Waals surface area contributed by atoms with Crippen molar-refractivity contribution in [1.82, 2.24) is 9.78 Å². The zero-order valence-corrected chi connectivity index (χ0v) is 20.9. The van der Waals surface area contributed by atoms with E-state index in [4.69, 9.17) is 5.10 Å². The molecule has 3 aromatic carbocycles. The lowest BCUT2D eigenvalue weighted by Crippen LogP contribution is -3.13. The number of rotatable bonds is 7. The second kappa shape index (κ2) is 11.8. The average molecular weight is 508 g/mol. The molecule has 4 aromatic rings. The van der Waals surface area contributed by atoms with E-state index in [1.165, 1.54) is 17.0 Å². The highest BCUT2D eigenvalue weighted by atomic mass is 35.5. The zero-order valence-electron chi connectivity index (χ0n) is 20.1. The van der Waals surface area contributed by atoms with Crippen molar-refractivity contribution >= 4 is 10.8 Å². The number of aromatic nitrogens is 2. The third-order valence-electron chi connectivity index (χ3n) is 7.15. The van der Waals surface area contributed by atoms with Crippen LogP contribution in [0, 0.1) is 5.82 Å². The van der Waals surface area contributed by atoms with Crippen LogP contribution in [0.15, 0.2) is 83.7 Å². The van der Waals surface area contributed by atoms with Crippen molar-refractivity contribution < 1.29 is 26.8 Å². The highest BCUT2D eigenvalue weighted by molar-refractivity contribution is 5.83. The van der Waals surface area contributed by atoms with Crippen LogP contribution in [0.3, 0.4) is 0 Å². The molecular weight excluding hydrogens is 477 g/mol. The van der Waals surface area contributed by atoms with Gasteiger partial charge in [0.05, 0.1) is 42.9 Å². The number of halogens is 2. The van der Waals surface area contributed by atoms with Crippen molar-refractivity contribution in [3.8, 4) is 0 Å². The van der Waals surface area contributed by atoms with Gasteiger partial charge in [-0.1, -0.05) is 60.7 Å². The lowest BCUT2D eigenvalue weighted by atomic mass is 10.0. The van der Waals surface area contributed by atoms with Crippen molar-refractivity contribution in [3.05, 3.63) is 112 Å². The summed E-state index contributed by atoms with van der Waals surface area (Å²) in [4.78, 5) is 14.8. The van der Waals surface area contributed by atoms with Gasteiger partial charge in [0, 0.05) is 31.1 Å². The van der Waals surface area contributed by atoms with E-state index in [1.54, 1.807) is 16.8 Å². The number of nitrogens with one attached hydrogen (secondary N) is 1. The second-order valence-electron chi connectivity index (χ2n) is 9.49. The van der Waals surface area contributed by atoms with Crippen LogP contribution in [0.5, 0.6) is 0 Å². The molecule has 1 unspecified atom stereocenters. The van der Waals surface area contributed by atoms with Crippen LogP contribution in [0.2, 0.25) is 0 Å². The fourth-order valence-electron chi connectivity index (χ4n) is 5.14. The molecular formula is C29H31ClFN3O2. The van der Waals surface area contributed by atoms with Gasteiger partial charge in [0.15, 0.2) is 0 Å². The maximum Gasteiger partial charge on any atom is 0.274 e. The molecule has 0 aliphatic carbocycles. The summed E-state index contributed by atoms with van der Waals surface area (Å²) in [7, 11) is 0. The van der Waals surface area contributed by atoms with Gasteiger partial charge >= 0.3 is 0 Å². The molecule has 7 heteroatoms. The molecule has 1 aliphatic heterocycles. The first-order valence-corrected chi connectivity index (χ1v) is 12.4. The number of likely N-dealkylation sites (tertiary alicyclic amines) is 1. The van der Waals surface area contributed by atoms with Crippen LogP contribution in [0.25, 0.3) is 10.8 Å². The van der Waals surface area contributed by atoms with Gasteiger partial charge in [0.25, 0.3) is 5.56 Å². The lowest BCUT2D eigenvalue weighted by molar-refractivity contribution is -0.906. The highest BCUT2D eigenvalue weighted by Crippen LogP contribution is 2.21. The molecule has 2 heterocycles. The van der Waals surface area contributed by atoms with Gasteiger partial charge in [-0.05, 0) is 29.3 Å². The van der Waals surface area contributed by atoms with Gasteiger partial charge in [-0.2, -0.15) is 5.10 Å². The summed E-state index contributed by atoms with van der Waals surface area (Å²) in [6, 6.07) is 23.9. The van der Waals surface area contributed by atoms with E-state index < -0.39 is 6.10 Å². The van der Waals surface area contributed by atoms with Gasteiger partial charge in [-0.3, -0.25) is 4.79 Å². The number of hydrogen-bond donors (Lipinski definition) is 2. The van der Waals surface area contributed by atoms with Crippen LogP contribution < -0.4 is 22.9 Å². The van der Waals surface area contributed by atoms with Crippen LogP contribution in [0.4, 0.5) is 4.39 Å². The van der Waals surface area contributed by atoms with E-state index in [1.807, 2.05) is 54.6 Å². The molecule has 0 amide bonds. The van der Waals surface area contributed by atoms with Crippen molar-refractivity contribution in [2.45, 2.75) is 37.8 Å². The molecule has 188 valence electrons. The number of aliphatic hydroxyl groups excluding tert-OH is 1. The first-order valence-electron chi connectivity index (χ1n) is 12.4. The zero-order chi connectivity index (χ0) is 24.2. The Kier molecular flexibility index (Phi) is 8.52. The van der Waals surface area contributed by atoms with Gasteiger partial charge in [0.2, 0.25) is 0 Å². The Balaban J connectivity index is 0.00000304. The Morgan fingerprint density at radius 1 is 0.944 bits per heavy atom. The van der Waals surface area contributed by atoms with E-state index in [2.05, 4.69) is 0 Å². The summed E-state index contributed by atoms with van der Waals surface area (Å²) in [5.74, 6) is -0.262. The largest absolute Gasteiger partial charge is 1.00 e. The van der Waals surface area contributed by atoms with Crippen molar-refractivity contribution in [3.63, 3.8) is 0 Å². The average Bonchev–Trinajstić information content (AvgIpc) is 2.91. The van der Waals surface area contributed by atoms with Gasteiger partial charge in [-0.25, -0.2) is 9.07 Å². The number of benzene rings is 3. The van der Waals surface area contributed by atoms with E-state index in [9.17, 15) is 14.3 Å². The molecule has 2 N–H and O–H groups in total. The molecule has 1 atom stereocenters. The molecule has 1 saturated heterocycles. The van der Waals surface area contributed by atoms with Crippen LogP contribution in [0.1, 0.15) is 48.2 Å². The minimum absolute atomic E-state index is 0. The molecule has 1 fully saturated rings. The van der Waals surface area contributed by atoms with E-state index in [0.29, 0.717) is 11.8 Å². The van der Waals surface area contributed by atoms with Gasteiger partial charge in [0.1, 0.15) is 5.82 Å². The molecule has 5 nitrogen and oxygen atoms in total. The summed E-state index contributed by atoms with van der Waals surface area (Å²) in [6.07, 6.45) is 2.57. The summed E-state index contributed by atoms with van der Waals surface area (Å²) in [5.41, 5.74) is 2.72. The van der Waals surface area contributed by atoms with Crippen LogP contribution in [-0.4, -0.2) is 34.5 Å². The Morgan fingerprint density at radius 2 is 1.58 bits per heavy atom. The fraction of sp³-hybridized carbons (Fsp3) is 0.310. The molecule has 0 bridgehead atoms. The first kappa shape index (κ1) is 26.0. The molecule has 1 aliphatic rings. The number of nitrogens with zero attached hydrogens (tertiary/aromatic N) is 2. The van der Waals surface area contributed by atoms with E-state index in [0.717, 1.165) is 61.1 Å². The van der Waals surface area contributed by atoms with Crippen molar-refractivity contribution in [1.29, 1.82) is 0 Å². The Bertz CT molecular complexity index is 1340. The summed E-state index contributed by atoms with van der Waals surface area (Å²) in [6.45, 7) is 2.79. The Morgan fingerprint density at radius 3 is 2.28 bits per heavy atom. The van der Waals surface area contributed by atoms with E-state index in [-0.39, 0.29) is 29.8 Å². The van der Waals surface area contributed by atoms with Crippen molar-refractivity contribution in [2.24, 2.45) is 0 Å². The predicted octanol–water partition coefficient (Wildman–Crippen LogP) is 0.474. The second-order valence-corrected chi connectivity index (χ2v) is 9.49. The maximum atomic E-state index is 13.4. The molecule has 36 heavy (non-hydrogen) atoms. The monoisotopic (exact) mass is 507 g/mol. The molecule has 5 rings (SSSR count). The first-order chi connectivity index (χ1) is 17.1. The number of quaternary nitrogens is 1. The number of piperidine rings is 1. The minimum Gasteiger partial charge on any atom is -1.00 e. The fourth-order valence-corrected chi connectivity index (χ4v) is 5.14. The number of aliphatic hydroxyl groups is 1. The normalized spacial score (nSPS) is 18.5. The number of fused-ring (bicyclic) bond motifs is 1. The molecule has 0 saturated carbocycles. The maximum absolute atomic E-state index is 13.4. The van der Waals surface area contributed by atoms with Crippen molar-refractivity contribution in [2.75, 3.05) is 19.6 Å². The predicted molar refractivity (Wildman–Crippen MR) is 135 cm³/mol. The lowest BCUT2D eigenvalue weighted by Gasteiger charge is -2.30. The minimum atomic E-state index is -0.444. The molecule has 0 spiro atoms. The van der Waals surface area contributed by atoms with Crippen LogP contribution in [-0.2, 0) is 6.42 Å². The summed E-state index contributed by atoms with van der Waals surface area (Å²) >= 11 is 0. The van der Waals surface area contributed by atoms with Crippen LogP contribution >= 0.6 is 0 Å². The standard InChI is InChI=1S/C29H30FN3O2.ClH/c30-23-12-10-21(11-13-23)20-27-25-8-4-5-9-26(25)29(35)33(31-27)24-14-17-32(18-15-24)19-16-28(34)22-6-2-1-3-7-22;/h1-13,24,28,34H,14-20H2;1H. The van der Waals surface area contributed by atoms with Gasteiger partial charge in [-0.15, -0.1) is 0 Å². The Hall–Kier alpha value is -3.06. The highest BCUT2D eigenvalue weighted by Gasteiger charge is 2.26. The molecule has 0 radical (unpaired) electrons. The van der Waals surface area contributed by atoms with Gasteiger partial charge < -0.3 is 22.4 Å². The number of hydrogen-bond acceptors (Lipinski definition) is 3. The third kappa shape index (κ3) is 5.84. The quantitative estimate of drug-likeness (QED) is 0.382.